The summed E-state index contributed by atoms with van der Waals surface area (Å²) in [5, 5.41) is 0. The zero-order valence-corrected chi connectivity index (χ0v) is 8.79. The molecule has 0 unspecified atom stereocenters. The molecule has 13 heavy (non-hydrogen) atoms. The third-order valence-corrected chi connectivity index (χ3v) is 3.06. The van der Waals surface area contributed by atoms with Crippen LogP contribution in [0.4, 0.5) is 5.69 Å². The Labute approximate surface area is 86.4 Å². The summed E-state index contributed by atoms with van der Waals surface area (Å²) in [5.41, 5.74) is 9.26. The van der Waals surface area contributed by atoms with Crippen LogP contribution in [0.5, 0.6) is 0 Å². The average Bonchev–Trinajstić information content (AvgIpc) is 2.19. The molecule has 1 aliphatic heterocycles. The lowest BCUT2D eigenvalue weighted by Gasteiger charge is -2.25. The summed E-state index contributed by atoms with van der Waals surface area (Å²) >= 11 is 3.50. The van der Waals surface area contributed by atoms with Crippen molar-refractivity contribution in [2.45, 2.75) is 6.42 Å². The molecule has 0 aromatic heterocycles. The number of halogens is 1. The van der Waals surface area contributed by atoms with Gasteiger partial charge in [0, 0.05) is 12.2 Å². The highest BCUT2D eigenvalue weighted by Crippen LogP contribution is 2.31. The molecule has 1 heterocycles. The van der Waals surface area contributed by atoms with Gasteiger partial charge < -0.3 is 5.73 Å². The number of hydrogen-bond acceptors (Lipinski definition) is 2. The summed E-state index contributed by atoms with van der Waals surface area (Å²) in [5.74, 6) is 0. The van der Waals surface area contributed by atoms with Crippen LogP contribution in [0.3, 0.4) is 0 Å². The topological polar surface area (TPSA) is 29.3 Å². The van der Waals surface area contributed by atoms with Crippen LogP contribution in [0, 0.1) is 0 Å². The number of fused-ring (bicyclic) bond motifs is 1. The van der Waals surface area contributed by atoms with Crippen LogP contribution in [0.2, 0.25) is 0 Å². The van der Waals surface area contributed by atoms with Crippen LogP contribution in [0.15, 0.2) is 36.0 Å². The molecule has 0 spiro atoms. The molecule has 2 rings (SSSR count). The lowest BCUT2D eigenvalue weighted by Crippen LogP contribution is -2.21. The van der Waals surface area contributed by atoms with E-state index in [-0.39, 0.29) is 0 Å². The molecule has 2 N–H and O–H groups in total. The van der Waals surface area contributed by atoms with Gasteiger partial charge in [-0.1, -0.05) is 24.3 Å². The summed E-state index contributed by atoms with van der Waals surface area (Å²) in [6, 6.07) is 8.31. The predicted octanol–water partition coefficient (Wildman–Crippen LogP) is 2.20. The summed E-state index contributed by atoms with van der Waals surface area (Å²) in [4.78, 5) is 0. The fraction of sp³-hybridized carbons (Fsp3) is 0.200. The summed E-state index contributed by atoms with van der Waals surface area (Å²) in [7, 11) is 0. The fourth-order valence-corrected chi connectivity index (χ4v) is 2.14. The number of rotatable bonds is 1. The van der Waals surface area contributed by atoms with Gasteiger partial charge in [0.25, 0.3) is 0 Å². The highest BCUT2D eigenvalue weighted by atomic mass is 79.9. The number of para-hydroxylation sites is 1. The lowest BCUT2D eigenvalue weighted by molar-refractivity contribution is 1.04. The average molecular weight is 239 g/mol. The number of allylic oxidation sites excluding steroid dienone is 1. The van der Waals surface area contributed by atoms with Crippen molar-refractivity contribution in [3.05, 3.63) is 41.6 Å². The minimum absolute atomic E-state index is 0.569. The Morgan fingerprint density at radius 2 is 2.15 bits per heavy atom. The zero-order valence-electron chi connectivity index (χ0n) is 7.20. The van der Waals surface area contributed by atoms with Crippen molar-refractivity contribution in [2.24, 2.45) is 5.73 Å². The minimum Gasteiger partial charge on any atom is -0.325 e. The zero-order chi connectivity index (χ0) is 9.26. The Kier molecular flexibility index (Phi) is 2.38. The largest absolute Gasteiger partial charge is 0.325 e. The van der Waals surface area contributed by atoms with Crippen molar-refractivity contribution in [3.63, 3.8) is 0 Å². The van der Waals surface area contributed by atoms with Gasteiger partial charge in [-0.25, -0.2) is 0 Å². The van der Waals surface area contributed by atoms with Crippen molar-refractivity contribution >= 4 is 21.8 Å². The van der Waals surface area contributed by atoms with E-state index in [4.69, 9.17) is 5.73 Å². The maximum atomic E-state index is 5.61. The maximum absolute atomic E-state index is 5.61. The fourth-order valence-electron chi connectivity index (χ4n) is 1.50. The quantitative estimate of drug-likeness (QED) is 0.761. The molecule has 1 aromatic rings. The van der Waals surface area contributed by atoms with Crippen molar-refractivity contribution in [1.29, 1.82) is 0 Å². The molecule has 0 amide bonds. The highest BCUT2D eigenvalue weighted by molar-refractivity contribution is 9.10. The number of anilines is 1. The first-order valence-electron chi connectivity index (χ1n) is 4.26. The standard InChI is InChI=1S/C10H11BrN2/c11-13-9(7-12)6-5-8-3-1-2-4-10(8)13/h1-4,6H,5,7,12H2. The van der Waals surface area contributed by atoms with Gasteiger partial charge in [0.2, 0.25) is 0 Å². The van der Waals surface area contributed by atoms with E-state index in [0.717, 1.165) is 12.1 Å². The van der Waals surface area contributed by atoms with Crippen LogP contribution in [0.1, 0.15) is 5.56 Å². The Hall–Kier alpha value is -0.800. The third-order valence-electron chi connectivity index (χ3n) is 2.22. The lowest BCUT2D eigenvalue weighted by atomic mass is 10.1. The second-order valence-electron chi connectivity index (χ2n) is 3.01. The smallest absolute Gasteiger partial charge is 0.0557 e. The Morgan fingerprint density at radius 1 is 1.38 bits per heavy atom. The molecule has 0 fully saturated rings. The first kappa shape index (κ1) is 8.78. The normalized spacial score (nSPS) is 15.2. The molecule has 0 aliphatic carbocycles. The van der Waals surface area contributed by atoms with Gasteiger partial charge in [-0.3, -0.25) is 3.93 Å². The molecule has 0 saturated heterocycles. The molecule has 1 aliphatic rings. The van der Waals surface area contributed by atoms with E-state index in [2.05, 4.69) is 40.4 Å². The number of nitrogens with zero attached hydrogens (tertiary/aromatic N) is 1. The van der Waals surface area contributed by atoms with E-state index in [0.29, 0.717) is 6.54 Å². The Balaban J connectivity index is 2.41. The molecule has 3 heteroatoms. The number of benzene rings is 1. The molecular formula is C10H11BrN2. The highest BCUT2D eigenvalue weighted by Gasteiger charge is 2.15. The van der Waals surface area contributed by atoms with Crippen LogP contribution in [-0.2, 0) is 6.42 Å². The first-order chi connectivity index (χ1) is 6.33. The molecule has 1 aromatic carbocycles. The van der Waals surface area contributed by atoms with Crippen molar-refractivity contribution < 1.29 is 0 Å². The SMILES string of the molecule is NCC1=CCc2ccccc2N1Br. The van der Waals surface area contributed by atoms with Crippen molar-refractivity contribution in [1.82, 2.24) is 0 Å². The molecular weight excluding hydrogens is 228 g/mol. The van der Waals surface area contributed by atoms with Crippen LogP contribution in [-0.4, -0.2) is 6.54 Å². The first-order valence-corrected chi connectivity index (χ1v) is 4.97. The maximum Gasteiger partial charge on any atom is 0.0557 e. The molecule has 0 atom stereocenters. The molecule has 0 bridgehead atoms. The number of hydrogen-bond donors (Lipinski definition) is 1. The van der Waals surface area contributed by atoms with Gasteiger partial charge >= 0.3 is 0 Å². The Bertz CT molecular complexity index is 347. The number of nitrogens with two attached hydrogens (primary N) is 1. The molecule has 68 valence electrons. The van der Waals surface area contributed by atoms with Crippen LogP contribution < -0.4 is 9.66 Å². The Morgan fingerprint density at radius 3 is 2.92 bits per heavy atom. The van der Waals surface area contributed by atoms with Gasteiger partial charge in [-0.05, 0) is 18.1 Å². The summed E-state index contributed by atoms with van der Waals surface area (Å²) in [6.07, 6.45) is 3.13. The second kappa shape index (κ2) is 3.52. The van der Waals surface area contributed by atoms with Gasteiger partial charge in [0.05, 0.1) is 21.8 Å². The summed E-state index contributed by atoms with van der Waals surface area (Å²) < 4.78 is 1.98. The molecule has 0 saturated carbocycles. The second-order valence-corrected chi connectivity index (χ2v) is 3.72. The van der Waals surface area contributed by atoms with E-state index >= 15 is 0 Å². The van der Waals surface area contributed by atoms with Gasteiger partial charge in [0.1, 0.15) is 0 Å². The molecule has 2 nitrogen and oxygen atoms in total. The monoisotopic (exact) mass is 238 g/mol. The minimum atomic E-state index is 0.569. The van der Waals surface area contributed by atoms with E-state index in [1.807, 2.05) is 9.99 Å². The van der Waals surface area contributed by atoms with Gasteiger partial charge in [-0.15, -0.1) is 0 Å². The van der Waals surface area contributed by atoms with Gasteiger partial charge in [-0.2, -0.15) is 0 Å². The van der Waals surface area contributed by atoms with Crippen molar-refractivity contribution in [2.75, 3.05) is 10.5 Å². The van der Waals surface area contributed by atoms with E-state index < -0.39 is 0 Å². The van der Waals surface area contributed by atoms with Gasteiger partial charge in [0.15, 0.2) is 0 Å². The van der Waals surface area contributed by atoms with Crippen LogP contribution >= 0.6 is 16.1 Å². The summed E-state index contributed by atoms with van der Waals surface area (Å²) in [6.45, 7) is 0.569. The van der Waals surface area contributed by atoms with Crippen LogP contribution in [0.25, 0.3) is 0 Å². The van der Waals surface area contributed by atoms with E-state index in [1.54, 1.807) is 0 Å². The predicted molar refractivity (Wildman–Crippen MR) is 58.7 cm³/mol. The van der Waals surface area contributed by atoms with E-state index in [9.17, 15) is 0 Å². The third kappa shape index (κ3) is 1.49. The molecule has 0 radical (unpaired) electrons. The van der Waals surface area contributed by atoms with Crippen molar-refractivity contribution in [3.8, 4) is 0 Å². The van der Waals surface area contributed by atoms with E-state index in [1.165, 1.54) is 11.3 Å².